The molecular formula is C23H37N3O2. The van der Waals surface area contributed by atoms with Gasteiger partial charge in [0.1, 0.15) is 5.75 Å². The number of hydrogen-bond acceptors (Lipinski definition) is 4. The van der Waals surface area contributed by atoms with Crippen LogP contribution >= 0.6 is 0 Å². The van der Waals surface area contributed by atoms with Crippen molar-refractivity contribution in [2.45, 2.75) is 65.5 Å². The molecule has 1 aromatic carbocycles. The average Bonchev–Trinajstić information content (AvgIpc) is 3.32. The maximum absolute atomic E-state index is 12.1. The van der Waals surface area contributed by atoms with Gasteiger partial charge in [0.25, 0.3) is 0 Å². The first-order valence-corrected chi connectivity index (χ1v) is 11.1. The van der Waals surface area contributed by atoms with Crippen molar-refractivity contribution in [3.8, 4) is 5.75 Å². The van der Waals surface area contributed by atoms with E-state index >= 15 is 0 Å². The maximum atomic E-state index is 12.1. The van der Waals surface area contributed by atoms with Crippen molar-refractivity contribution >= 4 is 11.6 Å². The van der Waals surface area contributed by atoms with Crippen LogP contribution in [0, 0.1) is 0 Å². The Labute approximate surface area is 170 Å². The van der Waals surface area contributed by atoms with Gasteiger partial charge in [0.2, 0.25) is 5.91 Å². The van der Waals surface area contributed by atoms with Crippen molar-refractivity contribution in [2.24, 2.45) is 0 Å². The summed E-state index contributed by atoms with van der Waals surface area (Å²) < 4.78 is 6.21. The van der Waals surface area contributed by atoms with Gasteiger partial charge in [-0.1, -0.05) is 13.8 Å². The van der Waals surface area contributed by atoms with Crippen molar-refractivity contribution in [2.75, 3.05) is 44.2 Å². The van der Waals surface area contributed by atoms with Crippen LogP contribution in [0.5, 0.6) is 5.75 Å². The molecule has 156 valence electrons. The fourth-order valence-corrected chi connectivity index (χ4v) is 4.38. The van der Waals surface area contributed by atoms with E-state index < -0.39 is 0 Å². The number of hydrogen-bond donors (Lipinski definition) is 0. The number of rotatable bonds is 10. The fraction of sp³-hybridized carbons (Fsp3) is 0.696. The number of carbonyl (C=O) groups is 1. The highest BCUT2D eigenvalue weighted by molar-refractivity contribution is 5.95. The van der Waals surface area contributed by atoms with Crippen LogP contribution in [0.2, 0.25) is 0 Å². The van der Waals surface area contributed by atoms with E-state index in [9.17, 15) is 4.79 Å². The first-order chi connectivity index (χ1) is 13.6. The lowest BCUT2D eigenvalue weighted by atomic mass is 10.1. The molecule has 0 radical (unpaired) electrons. The summed E-state index contributed by atoms with van der Waals surface area (Å²) in [6, 6.07) is 7.00. The standard InChI is InChI=1S/C23H37N3O2/c1-4-24(5-2)18-20-17-21(26-15-7-10-23(26)27)11-12-22(20)28-16-8-14-25-13-6-9-19(25)3/h11-12,17,19H,4-10,13-16,18H2,1-3H3. The fourth-order valence-electron chi connectivity index (χ4n) is 4.38. The van der Waals surface area contributed by atoms with Crippen molar-refractivity contribution in [1.29, 1.82) is 0 Å². The molecule has 1 unspecified atom stereocenters. The third-order valence-electron chi connectivity index (χ3n) is 6.26. The molecule has 0 spiro atoms. The van der Waals surface area contributed by atoms with Gasteiger partial charge >= 0.3 is 0 Å². The van der Waals surface area contributed by atoms with Gasteiger partial charge in [-0.15, -0.1) is 0 Å². The molecule has 5 heteroatoms. The minimum atomic E-state index is 0.238. The zero-order chi connectivity index (χ0) is 19.9. The first kappa shape index (κ1) is 21.1. The Morgan fingerprint density at radius 2 is 2.00 bits per heavy atom. The minimum absolute atomic E-state index is 0.238. The number of nitrogens with zero attached hydrogens (tertiary/aromatic N) is 3. The van der Waals surface area contributed by atoms with Crippen molar-refractivity contribution in [3.63, 3.8) is 0 Å². The summed E-state index contributed by atoms with van der Waals surface area (Å²) in [5, 5.41) is 0. The number of likely N-dealkylation sites (tertiary alicyclic amines) is 1. The largest absolute Gasteiger partial charge is 0.493 e. The third-order valence-corrected chi connectivity index (χ3v) is 6.26. The number of ether oxygens (including phenoxy) is 1. The molecule has 2 aliphatic heterocycles. The second-order valence-corrected chi connectivity index (χ2v) is 8.13. The van der Waals surface area contributed by atoms with Gasteiger partial charge in [0.15, 0.2) is 0 Å². The third kappa shape index (κ3) is 5.26. The van der Waals surface area contributed by atoms with Gasteiger partial charge in [0.05, 0.1) is 6.61 Å². The van der Waals surface area contributed by atoms with Crippen LogP contribution in [0.25, 0.3) is 0 Å². The Bertz CT molecular complexity index is 645. The van der Waals surface area contributed by atoms with E-state index in [0.29, 0.717) is 6.42 Å². The minimum Gasteiger partial charge on any atom is -0.493 e. The summed E-state index contributed by atoms with van der Waals surface area (Å²) in [6.45, 7) is 13.5. The zero-order valence-electron chi connectivity index (χ0n) is 18.0. The monoisotopic (exact) mass is 387 g/mol. The highest BCUT2D eigenvalue weighted by atomic mass is 16.5. The summed E-state index contributed by atoms with van der Waals surface area (Å²) in [5.41, 5.74) is 2.21. The Morgan fingerprint density at radius 1 is 1.18 bits per heavy atom. The molecule has 1 amide bonds. The molecule has 2 fully saturated rings. The topological polar surface area (TPSA) is 36.0 Å². The predicted octanol–water partition coefficient (Wildman–Crippen LogP) is 3.91. The second kappa shape index (κ2) is 10.3. The number of anilines is 1. The molecule has 0 saturated carbocycles. The lowest BCUT2D eigenvalue weighted by Crippen LogP contribution is -2.28. The number of carbonyl (C=O) groups excluding carboxylic acids is 1. The molecule has 3 rings (SSSR count). The summed E-state index contributed by atoms with van der Waals surface area (Å²) in [6.07, 6.45) is 5.33. The summed E-state index contributed by atoms with van der Waals surface area (Å²) in [7, 11) is 0. The van der Waals surface area contributed by atoms with E-state index in [1.54, 1.807) is 0 Å². The zero-order valence-corrected chi connectivity index (χ0v) is 18.0. The van der Waals surface area contributed by atoms with Gasteiger partial charge in [-0.2, -0.15) is 0 Å². The molecule has 5 nitrogen and oxygen atoms in total. The first-order valence-electron chi connectivity index (χ1n) is 11.1. The molecule has 2 heterocycles. The van der Waals surface area contributed by atoms with E-state index in [-0.39, 0.29) is 5.91 Å². The van der Waals surface area contributed by atoms with Gasteiger partial charge < -0.3 is 14.5 Å². The van der Waals surface area contributed by atoms with Crippen LogP contribution in [-0.4, -0.2) is 61.1 Å². The average molecular weight is 388 g/mol. The Hall–Kier alpha value is -1.59. The Kier molecular flexibility index (Phi) is 7.74. The molecular weight excluding hydrogens is 350 g/mol. The van der Waals surface area contributed by atoms with Crippen molar-refractivity contribution < 1.29 is 9.53 Å². The second-order valence-electron chi connectivity index (χ2n) is 8.13. The molecule has 2 aliphatic rings. The van der Waals surface area contributed by atoms with Gasteiger partial charge in [-0.25, -0.2) is 0 Å². The molecule has 1 aromatic rings. The van der Waals surface area contributed by atoms with Gasteiger partial charge in [-0.3, -0.25) is 9.69 Å². The van der Waals surface area contributed by atoms with Gasteiger partial charge in [-0.05, 0) is 70.4 Å². The molecule has 0 aliphatic carbocycles. The Balaban J connectivity index is 1.64. The Morgan fingerprint density at radius 3 is 2.64 bits per heavy atom. The molecule has 28 heavy (non-hydrogen) atoms. The van der Waals surface area contributed by atoms with Crippen LogP contribution < -0.4 is 9.64 Å². The van der Waals surface area contributed by atoms with Crippen LogP contribution in [0.15, 0.2) is 18.2 Å². The molecule has 0 N–H and O–H groups in total. The lowest BCUT2D eigenvalue weighted by Gasteiger charge is -2.24. The van der Waals surface area contributed by atoms with Crippen LogP contribution in [0.1, 0.15) is 58.4 Å². The molecule has 2 saturated heterocycles. The SMILES string of the molecule is CCN(CC)Cc1cc(N2CCCC2=O)ccc1OCCCN1CCCC1C. The number of benzene rings is 1. The van der Waals surface area contributed by atoms with E-state index in [0.717, 1.165) is 69.7 Å². The lowest BCUT2D eigenvalue weighted by molar-refractivity contribution is -0.117. The number of amides is 1. The van der Waals surface area contributed by atoms with E-state index in [2.05, 4.69) is 42.7 Å². The maximum Gasteiger partial charge on any atom is 0.227 e. The molecule has 1 atom stereocenters. The highest BCUT2D eigenvalue weighted by Gasteiger charge is 2.23. The van der Waals surface area contributed by atoms with Crippen LogP contribution in [0.3, 0.4) is 0 Å². The van der Waals surface area contributed by atoms with Crippen LogP contribution in [-0.2, 0) is 11.3 Å². The highest BCUT2D eigenvalue weighted by Crippen LogP contribution is 2.29. The summed E-state index contributed by atoms with van der Waals surface area (Å²) in [5.74, 6) is 1.21. The smallest absolute Gasteiger partial charge is 0.227 e. The molecule has 0 aromatic heterocycles. The van der Waals surface area contributed by atoms with E-state index in [1.807, 2.05) is 11.0 Å². The quantitative estimate of drug-likeness (QED) is 0.570. The van der Waals surface area contributed by atoms with Crippen molar-refractivity contribution in [3.05, 3.63) is 23.8 Å². The summed E-state index contributed by atoms with van der Waals surface area (Å²) >= 11 is 0. The van der Waals surface area contributed by atoms with Crippen molar-refractivity contribution in [1.82, 2.24) is 9.80 Å². The van der Waals surface area contributed by atoms with Gasteiger partial charge in [0, 0.05) is 43.3 Å². The predicted molar refractivity (Wildman–Crippen MR) is 115 cm³/mol. The van der Waals surface area contributed by atoms with E-state index in [4.69, 9.17) is 4.74 Å². The normalized spacial score (nSPS) is 20.5. The molecule has 0 bridgehead atoms. The van der Waals surface area contributed by atoms with Crippen LogP contribution in [0.4, 0.5) is 5.69 Å². The van der Waals surface area contributed by atoms with E-state index in [1.165, 1.54) is 24.9 Å². The summed E-state index contributed by atoms with van der Waals surface area (Å²) in [4.78, 5) is 19.0.